The number of amides is 3. The van der Waals surface area contributed by atoms with Gasteiger partial charge in [0.05, 0.1) is 17.7 Å². The van der Waals surface area contributed by atoms with Crippen molar-refractivity contribution in [2.45, 2.75) is 26.4 Å². The minimum Gasteiger partial charge on any atom is -0.368 e. The monoisotopic (exact) mass is 587 g/mol. The van der Waals surface area contributed by atoms with E-state index in [1.165, 1.54) is 22.3 Å². The van der Waals surface area contributed by atoms with Crippen molar-refractivity contribution in [3.05, 3.63) is 76.8 Å². The molecule has 2 aromatic carbocycles. The molecule has 0 unspecified atom stereocenters. The highest BCUT2D eigenvalue weighted by Crippen LogP contribution is 2.32. The molecular weight excluding hydrogens is 555 g/mol. The molecule has 1 fully saturated rings. The van der Waals surface area contributed by atoms with E-state index in [2.05, 4.69) is 10.3 Å². The highest BCUT2D eigenvalue weighted by molar-refractivity contribution is 7.13. The lowest BCUT2D eigenvalue weighted by Crippen LogP contribution is -2.49. The van der Waals surface area contributed by atoms with E-state index in [9.17, 15) is 27.6 Å². The molecule has 0 spiro atoms. The SMILES string of the molecule is CC(C)CN(CC(=O)Nc1nc(CC(=O)N2CCN(c3cccc(C(F)(F)F)c3)CC2)cs1)C(=O)c1ccccc1. The van der Waals surface area contributed by atoms with Crippen molar-refractivity contribution in [3.8, 4) is 0 Å². The number of carbonyl (C=O) groups is 3. The minimum atomic E-state index is -4.41. The predicted molar refractivity (Wildman–Crippen MR) is 152 cm³/mol. The van der Waals surface area contributed by atoms with Crippen molar-refractivity contribution in [3.63, 3.8) is 0 Å². The average molecular weight is 588 g/mol. The van der Waals surface area contributed by atoms with Crippen molar-refractivity contribution < 1.29 is 27.6 Å². The first-order chi connectivity index (χ1) is 19.5. The molecule has 3 amide bonds. The van der Waals surface area contributed by atoms with Crippen molar-refractivity contribution in [1.82, 2.24) is 14.8 Å². The van der Waals surface area contributed by atoms with Gasteiger partial charge in [0.1, 0.15) is 6.54 Å². The molecule has 12 heteroatoms. The summed E-state index contributed by atoms with van der Waals surface area (Å²) in [6.07, 6.45) is -4.37. The molecule has 0 bridgehead atoms. The smallest absolute Gasteiger partial charge is 0.368 e. The topological polar surface area (TPSA) is 85.8 Å². The zero-order chi connectivity index (χ0) is 29.6. The maximum Gasteiger partial charge on any atom is 0.416 e. The summed E-state index contributed by atoms with van der Waals surface area (Å²) in [6, 6.07) is 14.0. The molecule has 1 aliphatic heterocycles. The van der Waals surface area contributed by atoms with Crippen LogP contribution in [0.1, 0.15) is 35.5 Å². The summed E-state index contributed by atoms with van der Waals surface area (Å²) in [6.45, 7) is 5.82. The molecule has 1 aliphatic rings. The summed E-state index contributed by atoms with van der Waals surface area (Å²) < 4.78 is 39.2. The number of alkyl halides is 3. The fourth-order valence-corrected chi connectivity index (χ4v) is 5.29. The number of hydrogen-bond acceptors (Lipinski definition) is 6. The van der Waals surface area contributed by atoms with E-state index in [1.807, 2.05) is 24.8 Å². The largest absolute Gasteiger partial charge is 0.416 e. The number of piperazine rings is 1. The van der Waals surface area contributed by atoms with E-state index < -0.39 is 11.7 Å². The van der Waals surface area contributed by atoms with Gasteiger partial charge in [0, 0.05) is 49.4 Å². The predicted octanol–water partition coefficient (Wildman–Crippen LogP) is 4.79. The van der Waals surface area contributed by atoms with Crippen LogP contribution in [0.5, 0.6) is 0 Å². The van der Waals surface area contributed by atoms with Gasteiger partial charge in [-0.15, -0.1) is 11.3 Å². The van der Waals surface area contributed by atoms with Gasteiger partial charge in [0.2, 0.25) is 11.8 Å². The third-order valence-electron chi connectivity index (χ3n) is 6.53. The number of nitrogens with one attached hydrogen (secondary N) is 1. The van der Waals surface area contributed by atoms with E-state index in [1.54, 1.807) is 40.6 Å². The van der Waals surface area contributed by atoms with Crippen LogP contribution < -0.4 is 10.2 Å². The highest BCUT2D eigenvalue weighted by atomic mass is 32.1. The first kappa shape index (κ1) is 30.0. The molecule has 2 heterocycles. The maximum absolute atomic E-state index is 13.1. The Morgan fingerprint density at radius 2 is 1.73 bits per heavy atom. The van der Waals surface area contributed by atoms with Gasteiger partial charge in [-0.2, -0.15) is 13.2 Å². The first-order valence-corrected chi connectivity index (χ1v) is 14.2. The van der Waals surface area contributed by atoms with Crippen LogP contribution in [0.4, 0.5) is 24.0 Å². The van der Waals surface area contributed by atoms with Crippen molar-refractivity contribution in [2.24, 2.45) is 5.92 Å². The summed E-state index contributed by atoms with van der Waals surface area (Å²) in [5.74, 6) is -0.589. The number of benzene rings is 2. The Bertz CT molecular complexity index is 1350. The molecular formula is C29H32F3N5O3S. The molecule has 1 N–H and O–H groups in total. The summed E-state index contributed by atoms with van der Waals surface area (Å²) >= 11 is 1.20. The van der Waals surface area contributed by atoms with Gasteiger partial charge >= 0.3 is 6.18 Å². The molecule has 1 saturated heterocycles. The Kier molecular flexibility index (Phi) is 9.64. The number of carbonyl (C=O) groups excluding carboxylic acids is 3. The molecule has 4 rings (SSSR count). The Labute approximate surface area is 240 Å². The van der Waals surface area contributed by atoms with Gasteiger partial charge in [-0.1, -0.05) is 38.1 Å². The molecule has 1 aromatic heterocycles. The van der Waals surface area contributed by atoms with Crippen LogP contribution in [-0.2, 0) is 22.2 Å². The number of nitrogens with zero attached hydrogens (tertiary/aromatic N) is 4. The fraction of sp³-hybridized carbons (Fsp3) is 0.379. The number of aromatic nitrogens is 1. The Hall–Kier alpha value is -3.93. The van der Waals surface area contributed by atoms with Crippen LogP contribution in [0, 0.1) is 5.92 Å². The third-order valence-corrected chi connectivity index (χ3v) is 7.34. The normalized spacial score (nSPS) is 13.8. The lowest BCUT2D eigenvalue weighted by molar-refractivity contribution is -0.137. The van der Waals surface area contributed by atoms with Gasteiger partial charge in [0.15, 0.2) is 5.13 Å². The van der Waals surface area contributed by atoms with E-state index >= 15 is 0 Å². The van der Waals surface area contributed by atoms with Crippen LogP contribution in [0.15, 0.2) is 60.0 Å². The number of rotatable bonds is 9. The van der Waals surface area contributed by atoms with Gasteiger partial charge < -0.3 is 20.0 Å². The number of halogens is 3. The molecule has 0 saturated carbocycles. The lowest BCUT2D eigenvalue weighted by Gasteiger charge is -2.36. The van der Waals surface area contributed by atoms with Gasteiger partial charge in [0.25, 0.3) is 5.91 Å². The van der Waals surface area contributed by atoms with Crippen LogP contribution in [0.3, 0.4) is 0 Å². The summed E-state index contributed by atoms with van der Waals surface area (Å²) in [5, 5.41) is 4.77. The van der Waals surface area contributed by atoms with E-state index in [4.69, 9.17) is 0 Å². The second-order valence-corrected chi connectivity index (χ2v) is 11.1. The van der Waals surface area contributed by atoms with Crippen molar-refractivity contribution in [1.29, 1.82) is 0 Å². The quantitative estimate of drug-likeness (QED) is 0.389. The Morgan fingerprint density at radius 3 is 2.39 bits per heavy atom. The van der Waals surface area contributed by atoms with Crippen LogP contribution in [0.25, 0.3) is 0 Å². The van der Waals surface area contributed by atoms with Gasteiger partial charge in [-0.3, -0.25) is 14.4 Å². The number of hydrogen-bond donors (Lipinski definition) is 1. The zero-order valence-electron chi connectivity index (χ0n) is 22.9. The van der Waals surface area contributed by atoms with E-state index in [0.29, 0.717) is 54.8 Å². The molecule has 0 aliphatic carbocycles. The van der Waals surface area contributed by atoms with Gasteiger partial charge in [-0.05, 0) is 36.2 Å². The summed E-state index contributed by atoms with van der Waals surface area (Å²) in [5.41, 5.74) is 0.793. The average Bonchev–Trinajstić information content (AvgIpc) is 3.38. The second-order valence-electron chi connectivity index (χ2n) is 10.2. The molecule has 0 radical (unpaired) electrons. The highest BCUT2D eigenvalue weighted by Gasteiger charge is 2.31. The minimum absolute atomic E-state index is 0.0435. The second kappa shape index (κ2) is 13.2. The standard InChI is InChI=1S/C29H32F3N5O3S/c1-20(2)17-37(27(40)21-7-4-3-5-8-21)18-25(38)34-28-33-23(19-41-28)16-26(39)36-13-11-35(12-14-36)24-10-6-9-22(15-24)29(30,31)32/h3-10,15,19-20H,11-14,16-18H2,1-2H3,(H,33,34,38). The van der Waals surface area contributed by atoms with Crippen LogP contribution in [-0.4, -0.2) is 71.8 Å². The lowest BCUT2D eigenvalue weighted by atomic mass is 10.1. The number of thiazole rings is 1. The molecule has 218 valence electrons. The first-order valence-electron chi connectivity index (χ1n) is 13.3. The molecule has 8 nitrogen and oxygen atoms in total. The Morgan fingerprint density at radius 1 is 1.02 bits per heavy atom. The summed E-state index contributed by atoms with van der Waals surface area (Å²) in [7, 11) is 0. The van der Waals surface area contributed by atoms with Crippen molar-refractivity contribution in [2.75, 3.05) is 49.5 Å². The fourth-order valence-electron chi connectivity index (χ4n) is 4.56. The van der Waals surface area contributed by atoms with E-state index in [-0.39, 0.29) is 36.6 Å². The Balaban J connectivity index is 1.28. The molecule has 41 heavy (non-hydrogen) atoms. The maximum atomic E-state index is 13.1. The molecule has 3 aromatic rings. The summed E-state index contributed by atoms with van der Waals surface area (Å²) in [4.78, 5) is 48.0. The zero-order valence-corrected chi connectivity index (χ0v) is 23.7. The van der Waals surface area contributed by atoms with Crippen LogP contribution >= 0.6 is 11.3 Å². The van der Waals surface area contributed by atoms with Crippen molar-refractivity contribution >= 4 is 39.9 Å². The number of anilines is 2. The molecule has 0 atom stereocenters. The van der Waals surface area contributed by atoms with E-state index in [0.717, 1.165) is 12.1 Å². The third kappa shape index (κ3) is 8.29. The van der Waals surface area contributed by atoms with Crippen LogP contribution in [0.2, 0.25) is 0 Å². The van der Waals surface area contributed by atoms with Gasteiger partial charge in [-0.25, -0.2) is 4.98 Å².